The van der Waals surface area contributed by atoms with Gasteiger partial charge in [0, 0.05) is 6.04 Å². The molecule has 5 unspecified atom stereocenters. The van der Waals surface area contributed by atoms with E-state index in [4.69, 9.17) is 0 Å². The molecule has 21 heavy (non-hydrogen) atoms. The molecule has 0 aromatic carbocycles. The maximum atomic E-state index is 13.1. The molecular formula is C17H28N2O2. The van der Waals surface area contributed by atoms with Gasteiger partial charge in [-0.25, -0.2) is 0 Å². The van der Waals surface area contributed by atoms with Crippen LogP contribution in [-0.4, -0.2) is 34.3 Å². The van der Waals surface area contributed by atoms with Gasteiger partial charge in [0.15, 0.2) is 0 Å². The number of hydrogen-bond acceptors (Lipinski definition) is 2. The van der Waals surface area contributed by atoms with E-state index in [0.29, 0.717) is 11.8 Å². The van der Waals surface area contributed by atoms with E-state index in [-0.39, 0.29) is 23.9 Å². The van der Waals surface area contributed by atoms with Crippen LogP contribution in [0, 0.1) is 17.8 Å². The van der Waals surface area contributed by atoms with Gasteiger partial charge in [0.05, 0.1) is 0 Å². The van der Waals surface area contributed by atoms with Crippen molar-refractivity contribution in [2.24, 2.45) is 17.8 Å². The van der Waals surface area contributed by atoms with Gasteiger partial charge in [-0.15, -0.1) is 0 Å². The first kappa shape index (κ1) is 14.9. The van der Waals surface area contributed by atoms with Crippen LogP contribution in [0.15, 0.2) is 0 Å². The quantitative estimate of drug-likeness (QED) is 0.849. The molecule has 0 aromatic heterocycles. The SMILES string of the molecule is CC1CCC(N2C(=O)C(C)(C3CC3)NC(=O)C2C)CC1C. The smallest absolute Gasteiger partial charge is 0.249 e. The highest BCUT2D eigenvalue weighted by atomic mass is 16.2. The van der Waals surface area contributed by atoms with Crippen molar-refractivity contribution in [2.45, 2.75) is 77.4 Å². The molecule has 1 aliphatic heterocycles. The molecule has 1 N–H and O–H groups in total. The first-order chi connectivity index (χ1) is 9.84. The lowest BCUT2D eigenvalue weighted by Gasteiger charge is -2.49. The molecule has 3 aliphatic rings. The lowest BCUT2D eigenvalue weighted by molar-refractivity contribution is -0.159. The van der Waals surface area contributed by atoms with E-state index in [2.05, 4.69) is 19.2 Å². The third-order valence-corrected chi connectivity index (χ3v) is 6.22. The summed E-state index contributed by atoms with van der Waals surface area (Å²) in [5.74, 6) is 1.86. The van der Waals surface area contributed by atoms with Crippen molar-refractivity contribution in [3.63, 3.8) is 0 Å². The van der Waals surface area contributed by atoms with Crippen LogP contribution < -0.4 is 5.32 Å². The minimum absolute atomic E-state index is 0.0234. The van der Waals surface area contributed by atoms with Gasteiger partial charge in [-0.1, -0.05) is 13.8 Å². The van der Waals surface area contributed by atoms with Crippen molar-refractivity contribution in [2.75, 3.05) is 0 Å². The number of rotatable bonds is 2. The van der Waals surface area contributed by atoms with Gasteiger partial charge < -0.3 is 10.2 Å². The van der Waals surface area contributed by atoms with E-state index >= 15 is 0 Å². The third-order valence-electron chi connectivity index (χ3n) is 6.22. The molecule has 118 valence electrons. The fraction of sp³-hybridized carbons (Fsp3) is 0.882. The first-order valence-corrected chi connectivity index (χ1v) is 8.49. The van der Waals surface area contributed by atoms with Crippen molar-refractivity contribution in [1.29, 1.82) is 0 Å². The van der Waals surface area contributed by atoms with Gasteiger partial charge in [-0.2, -0.15) is 0 Å². The summed E-state index contributed by atoms with van der Waals surface area (Å²) in [5, 5.41) is 3.01. The Balaban J connectivity index is 1.84. The topological polar surface area (TPSA) is 49.4 Å². The number of nitrogens with zero attached hydrogens (tertiary/aromatic N) is 1. The van der Waals surface area contributed by atoms with E-state index < -0.39 is 5.54 Å². The molecule has 4 heteroatoms. The van der Waals surface area contributed by atoms with Crippen LogP contribution in [0.1, 0.15) is 59.8 Å². The molecule has 2 amide bonds. The number of piperazine rings is 1. The predicted molar refractivity (Wildman–Crippen MR) is 81.5 cm³/mol. The summed E-state index contributed by atoms with van der Waals surface area (Å²) >= 11 is 0. The molecule has 5 atom stereocenters. The Hall–Kier alpha value is -1.06. The molecule has 2 aliphatic carbocycles. The monoisotopic (exact) mass is 292 g/mol. The number of nitrogens with one attached hydrogen (secondary N) is 1. The van der Waals surface area contributed by atoms with Crippen LogP contribution in [0.4, 0.5) is 0 Å². The van der Waals surface area contributed by atoms with Crippen LogP contribution in [-0.2, 0) is 9.59 Å². The lowest BCUT2D eigenvalue weighted by Crippen LogP contribution is -2.71. The Morgan fingerprint density at radius 3 is 2.29 bits per heavy atom. The van der Waals surface area contributed by atoms with Gasteiger partial charge in [0.25, 0.3) is 0 Å². The largest absolute Gasteiger partial charge is 0.340 e. The minimum Gasteiger partial charge on any atom is -0.340 e. The molecule has 1 saturated heterocycles. The van der Waals surface area contributed by atoms with E-state index in [1.165, 1.54) is 0 Å². The Morgan fingerprint density at radius 1 is 1.05 bits per heavy atom. The van der Waals surface area contributed by atoms with E-state index in [0.717, 1.165) is 38.0 Å². The number of amides is 2. The fourth-order valence-corrected chi connectivity index (χ4v) is 4.18. The predicted octanol–water partition coefficient (Wildman–Crippen LogP) is 2.33. The first-order valence-electron chi connectivity index (χ1n) is 8.49. The summed E-state index contributed by atoms with van der Waals surface area (Å²) in [6, 6.07) is -0.0854. The molecule has 0 radical (unpaired) electrons. The second-order valence-corrected chi connectivity index (χ2v) is 7.78. The fourth-order valence-electron chi connectivity index (χ4n) is 4.18. The molecule has 2 saturated carbocycles. The second-order valence-electron chi connectivity index (χ2n) is 7.78. The molecule has 4 nitrogen and oxygen atoms in total. The Morgan fingerprint density at radius 2 is 1.71 bits per heavy atom. The average molecular weight is 292 g/mol. The summed E-state index contributed by atoms with van der Waals surface area (Å²) in [6.45, 7) is 8.38. The van der Waals surface area contributed by atoms with Crippen LogP contribution in [0.25, 0.3) is 0 Å². The molecule has 3 rings (SSSR count). The molecule has 3 fully saturated rings. The number of carbonyl (C=O) groups excluding carboxylic acids is 2. The summed E-state index contributed by atoms with van der Waals surface area (Å²) in [5.41, 5.74) is -0.657. The van der Waals surface area contributed by atoms with Crippen LogP contribution in [0.2, 0.25) is 0 Å². The highest BCUT2D eigenvalue weighted by molar-refractivity contribution is 6.00. The highest BCUT2D eigenvalue weighted by Gasteiger charge is 2.55. The average Bonchev–Trinajstić information content (AvgIpc) is 3.26. The number of hydrogen-bond donors (Lipinski definition) is 1. The zero-order chi connectivity index (χ0) is 15.4. The standard InChI is InChI=1S/C17H28N2O2/c1-10-5-8-14(9-11(10)2)19-12(3)15(20)18-17(4,16(19)21)13-6-7-13/h10-14H,5-9H2,1-4H3,(H,18,20). The van der Waals surface area contributed by atoms with Crippen molar-refractivity contribution < 1.29 is 9.59 Å². The minimum atomic E-state index is -0.657. The van der Waals surface area contributed by atoms with Crippen LogP contribution >= 0.6 is 0 Å². The van der Waals surface area contributed by atoms with E-state index in [1.807, 2.05) is 18.7 Å². The zero-order valence-corrected chi connectivity index (χ0v) is 13.7. The van der Waals surface area contributed by atoms with Crippen molar-refractivity contribution in [3.8, 4) is 0 Å². The highest BCUT2D eigenvalue weighted by Crippen LogP contribution is 2.44. The molecule has 0 spiro atoms. The van der Waals surface area contributed by atoms with Gasteiger partial charge >= 0.3 is 0 Å². The van der Waals surface area contributed by atoms with E-state index in [1.54, 1.807) is 0 Å². The van der Waals surface area contributed by atoms with Gasteiger partial charge in [0.1, 0.15) is 11.6 Å². The molecular weight excluding hydrogens is 264 g/mol. The van der Waals surface area contributed by atoms with Crippen molar-refractivity contribution >= 4 is 11.8 Å². The second kappa shape index (κ2) is 4.99. The normalized spacial score (nSPS) is 44.7. The summed E-state index contributed by atoms with van der Waals surface area (Å²) in [4.78, 5) is 27.4. The molecule has 1 heterocycles. The van der Waals surface area contributed by atoms with Crippen LogP contribution in [0.5, 0.6) is 0 Å². The zero-order valence-electron chi connectivity index (χ0n) is 13.7. The van der Waals surface area contributed by atoms with Crippen molar-refractivity contribution in [3.05, 3.63) is 0 Å². The van der Waals surface area contributed by atoms with E-state index in [9.17, 15) is 9.59 Å². The lowest BCUT2D eigenvalue weighted by atomic mass is 9.77. The van der Waals surface area contributed by atoms with Crippen molar-refractivity contribution in [1.82, 2.24) is 10.2 Å². The Kier molecular flexibility index (Phi) is 3.53. The molecule has 0 bridgehead atoms. The number of carbonyl (C=O) groups is 2. The maximum absolute atomic E-state index is 13.1. The summed E-state index contributed by atoms with van der Waals surface area (Å²) < 4.78 is 0. The summed E-state index contributed by atoms with van der Waals surface area (Å²) in [7, 11) is 0. The maximum Gasteiger partial charge on any atom is 0.249 e. The molecule has 0 aromatic rings. The summed E-state index contributed by atoms with van der Waals surface area (Å²) in [6.07, 6.45) is 5.34. The Labute approximate surface area is 127 Å². The van der Waals surface area contributed by atoms with Crippen LogP contribution in [0.3, 0.4) is 0 Å². The van der Waals surface area contributed by atoms with Gasteiger partial charge in [-0.3, -0.25) is 9.59 Å². The van der Waals surface area contributed by atoms with Gasteiger partial charge in [-0.05, 0) is 63.7 Å². The third kappa shape index (κ3) is 2.36. The Bertz CT molecular complexity index is 460. The van der Waals surface area contributed by atoms with Gasteiger partial charge in [0.2, 0.25) is 11.8 Å².